The number of hydrogen-bond donors (Lipinski definition) is 3. The molecule has 0 aliphatic rings. The monoisotopic (exact) mass is 249 g/mol. The normalized spacial score (nSPS) is 11.3. The molecule has 1 heterocycles. The van der Waals surface area contributed by atoms with Crippen LogP contribution >= 0.6 is 0 Å². The first-order valence-electron chi connectivity index (χ1n) is 5.17. The number of aliphatic hydroxyl groups is 1. The van der Waals surface area contributed by atoms with Gasteiger partial charge in [0.2, 0.25) is 0 Å². The van der Waals surface area contributed by atoms with Gasteiger partial charge < -0.3 is 13.9 Å². The van der Waals surface area contributed by atoms with Crippen LogP contribution in [0.3, 0.4) is 0 Å². The molecule has 0 aliphatic carbocycles. The highest BCUT2D eigenvalue weighted by atomic mass is 17.1. The van der Waals surface area contributed by atoms with Crippen LogP contribution in [-0.2, 0) is 17.9 Å². The van der Waals surface area contributed by atoms with E-state index in [9.17, 15) is 4.79 Å². The van der Waals surface area contributed by atoms with Crippen LogP contribution in [0.2, 0.25) is 0 Å². The fraction of sp³-hybridized carbons (Fsp3) is 0.667. The molecular weight excluding hydrogens is 234 g/mol. The second-order valence-electron chi connectivity index (χ2n) is 3.36. The Hall–Kier alpha value is -1.19. The molecule has 0 aromatic carbocycles. The number of aliphatic hydroxyl groups excluding tert-OH is 1. The minimum Gasteiger partial charge on any atom is -0.396 e. The summed E-state index contributed by atoms with van der Waals surface area (Å²) >= 11 is 0. The quantitative estimate of drug-likeness (QED) is 0.449. The van der Waals surface area contributed by atoms with Gasteiger partial charge in [-0.25, -0.2) is 4.79 Å². The molecule has 17 heavy (non-hydrogen) atoms. The summed E-state index contributed by atoms with van der Waals surface area (Å²) in [6.07, 6.45) is 2.54. The van der Waals surface area contributed by atoms with Crippen LogP contribution < -0.4 is 5.82 Å². The fourth-order valence-electron chi connectivity index (χ4n) is 1.36. The lowest BCUT2D eigenvalue weighted by atomic mass is 10.1. The van der Waals surface area contributed by atoms with Crippen LogP contribution in [0.1, 0.15) is 30.8 Å². The molecule has 0 saturated heterocycles. The lowest BCUT2D eigenvalue weighted by Crippen LogP contribution is -2.14. The van der Waals surface area contributed by atoms with Gasteiger partial charge in [0.05, 0.1) is 12.0 Å². The molecule has 0 atom stereocenters. The van der Waals surface area contributed by atoms with Crippen molar-refractivity contribution in [3.63, 3.8) is 0 Å². The summed E-state index contributed by atoms with van der Waals surface area (Å²) < 4.78 is 9.35. The van der Waals surface area contributed by atoms with Crippen molar-refractivity contribution in [3.8, 4) is 0 Å². The maximum atomic E-state index is 10.8. The molecule has 8 heteroatoms. The Labute approximate surface area is 96.5 Å². The first-order valence-corrected chi connectivity index (χ1v) is 5.17. The van der Waals surface area contributed by atoms with Crippen LogP contribution in [0.15, 0.2) is 13.6 Å². The Morgan fingerprint density at radius 1 is 1.12 bits per heavy atom. The van der Waals surface area contributed by atoms with Gasteiger partial charge in [-0.3, -0.25) is 15.3 Å². The lowest BCUT2D eigenvalue weighted by Gasteiger charge is -2.05. The fourth-order valence-corrected chi connectivity index (χ4v) is 1.36. The Bertz CT molecular complexity index is 370. The third-order valence-corrected chi connectivity index (χ3v) is 2.12. The summed E-state index contributed by atoms with van der Waals surface area (Å²) in [6.45, 7) is -0.191. The van der Waals surface area contributed by atoms with E-state index in [0.29, 0.717) is 25.0 Å². The van der Waals surface area contributed by atoms with Crippen LogP contribution in [0.25, 0.3) is 0 Å². The summed E-state index contributed by atoms with van der Waals surface area (Å²) in [5.74, 6) is -0.309. The maximum Gasteiger partial charge on any atom is 0.519 e. The van der Waals surface area contributed by atoms with Crippen molar-refractivity contribution < 1.29 is 29.2 Å². The van der Waals surface area contributed by atoms with Gasteiger partial charge in [-0.15, -0.1) is 0 Å². The Kier molecular flexibility index (Phi) is 5.87. The first kappa shape index (κ1) is 13.9. The van der Waals surface area contributed by atoms with E-state index in [1.165, 1.54) is 0 Å². The number of rotatable bonds is 8. The van der Waals surface area contributed by atoms with Crippen molar-refractivity contribution in [2.45, 2.75) is 32.3 Å². The number of nitrogens with zero attached hydrogens (tertiary/aromatic N) is 1. The van der Waals surface area contributed by atoms with Gasteiger partial charge in [0, 0.05) is 6.42 Å². The Balaban J connectivity index is 2.19. The smallest absolute Gasteiger partial charge is 0.396 e. The molecule has 0 radical (unpaired) electrons. The standard InChI is InChI=1S/C9H15NO7/c11-6-8-7(16-9(12)17-8)4-2-1-3-5-15-10(13)14/h11,13-14H,1-6H2. The van der Waals surface area contributed by atoms with Gasteiger partial charge in [0.15, 0.2) is 11.5 Å². The highest BCUT2D eigenvalue weighted by molar-refractivity contribution is 5.01. The first-order chi connectivity index (χ1) is 8.13. The number of unbranched alkanes of at least 4 members (excludes halogenated alkanes) is 2. The van der Waals surface area contributed by atoms with E-state index >= 15 is 0 Å². The highest BCUT2D eigenvalue weighted by Crippen LogP contribution is 2.11. The molecule has 1 rings (SSSR count). The molecular formula is C9H15NO7. The molecule has 1 aromatic rings. The molecule has 0 spiro atoms. The maximum absolute atomic E-state index is 10.8. The van der Waals surface area contributed by atoms with Gasteiger partial charge in [-0.1, -0.05) is 6.42 Å². The topological polar surface area (TPSA) is 117 Å². The average Bonchev–Trinajstić information content (AvgIpc) is 2.63. The zero-order chi connectivity index (χ0) is 12.7. The van der Waals surface area contributed by atoms with E-state index in [0.717, 1.165) is 6.42 Å². The van der Waals surface area contributed by atoms with Gasteiger partial charge in [0.25, 0.3) is 0 Å². The molecule has 0 amide bonds. The van der Waals surface area contributed by atoms with Crippen LogP contribution in [0.5, 0.6) is 0 Å². The van der Waals surface area contributed by atoms with Crippen molar-refractivity contribution in [1.29, 1.82) is 0 Å². The molecule has 1 aromatic heterocycles. The Morgan fingerprint density at radius 3 is 2.47 bits per heavy atom. The molecule has 98 valence electrons. The van der Waals surface area contributed by atoms with Gasteiger partial charge >= 0.3 is 5.82 Å². The molecule has 0 fully saturated rings. The van der Waals surface area contributed by atoms with Crippen molar-refractivity contribution in [2.24, 2.45) is 0 Å². The minimum atomic E-state index is -0.816. The van der Waals surface area contributed by atoms with E-state index in [1.807, 2.05) is 0 Å². The minimum absolute atomic E-state index is 0.156. The second kappa shape index (κ2) is 7.20. The zero-order valence-corrected chi connectivity index (χ0v) is 9.16. The number of aryl methyl sites for hydroxylation is 1. The van der Waals surface area contributed by atoms with Crippen molar-refractivity contribution >= 4 is 0 Å². The van der Waals surface area contributed by atoms with Crippen LogP contribution in [0, 0.1) is 0 Å². The summed E-state index contributed by atoms with van der Waals surface area (Å²) in [6, 6.07) is 0. The average molecular weight is 249 g/mol. The van der Waals surface area contributed by atoms with Crippen molar-refractivity contribution in [2.75, 3.05) is 6.61 Å². The van der Waals surface area contributed by atoms with E-state index < -0.39 is 5.82 Å². The molecule has 0 aliphatic heterocycles. The van der Waals surface area contributed by atoms with E-state index in [2.05, 4.69) is 9.25 Å². The van der Waals surface area contributed by atoms with Crippen molar-refractivity contribution in [1.82, 2.24) is 5.39 Å². The lowest BCUT2D eigenvalue weighted by molar-refractivity contribution is -0.492. The number of hydrogen-bond acceptors (Lipinski definition) is 8. The van der Waals surface area contributed by atoms with Gasteiger partial charge in [-0.2, -0.15) is 0 Å². The third kappa shape index (κ3) is 5.11. The van der Waals surface area contributed by atoms with E-state index in [4.69, 9.17) is 19.9 Å². The second-order valence-corrected chi connectivity index (χ2v) is 3.36. The van der Waals surface area contributed by atoms with E-state index in [1.54, 1.807) is 0 Å². The molecule has 3 N–H and O–H groups in total. The predicted molar refractivity (Wildman–Crippen MR) is 52.1 cm³/mol. The molecule has 8 nitrogen and oxygen atoms in total. The van der Waals surface area contributed by atoms with Crippen LogP contribution in [-0.4, -0.2) is 27.5 Å². The summed E-state index contributed by atoms with van der Waals surface area (Å²) in [7, 11) is 0. The summed E-state index contributed by atoms with van der Waals surface area (Å²) in [5.41, 5.74) is 0. The predicted octanol–water partition coefficient (Wildman–Crippen LogP) is 0.450. The van der Waals surface area contributed by atoms with Crippen molar-refractivity contribution in [3.05, 3.63) is 22.1 Å². The van der Waals surface area contributed by atoms with Gasteiger partial charge in [0.1, 0.15) is 6.61 Å². The van der Waals surface area contributed by atoms with E-state index in [-0.39, 0.29) is 24.4 Å². The van der Waals surface area contributed by atoms with Gasteiger partial charge in [-0.05, 0) is 12.8 Å². The summed E-state index contributed by atoms with van der Waals surface area (Å²) in [4.78, 5) is 15.1. The highest BCUT2D eigenvalue weighted by Gasteiger charge is 2.10. The third-order valence-electron chi connectivity index (χ3n) is 2.12. The zero-order valence-electron chi connectivity index (χ0n) is 9.16. The largest absolute Gasteiger partial charge is 0.519 e. The Morgan fingerprint density at radius 2 is 1.82 bits per heavy atom. The SMILES string of the molecule is O=c1oc(CO)c(CCCCCON(O)O)o1. The summed E-state index contributed by atoms with van der Waals surface area (Å²) in [5, 5.41) is 25.0. The molecule has 0 unspecified atom stereocenters. The molecule has 0 bridgehead atoms. The molecule has 0 saturated carbocycles. The van der Waals surface area contributed by atoms with Crippen LogP contribution in [0.4, 0.5) is 0 Å².